The van der Waals surface area contributed by atoms with Gasteiger partial charge in [0.15, 0.2) is 0 Å². The molecule has 1 saturated carbocycles. The van der Waals surface area contributed by atoms with Crippen molar-refractivity contribution in [1.29, 1.82) is 0 Å². The molecule has 0 bridgehead atoms. The van der Waals surface area contributed by atoms with Crippen molar-refractivity contribution in [3.05, 3.63) is 12.2 Å². The number of fused-ring (bicyclic) bond motifs is 1. The van der Waals surface area contributed by atoms with Crippen molar-refractivity contribution in [1.82, 2.24) is 0 Å². The predicted molar refractivity (Wildman–Crippen MR) is 142 cm³/mol. The van der Waals surface area contributed by atoms with E-state index in [2.05, 4.69) is 13.8 Å². The first-order chi connectivity index (χ1) is 17.0. The summed E-state index contributed by atoms with van der Waals surface area (Å²) < 4.78 is 11.6. The van der Waals surface area contributed by atoms with Gasteiger partial charge in [0.2, 0.25) is 0 Å². The van der Waals surface area contributed by atoms with Gasteiger partial charge in [-0.3, -0.25) is 4.79 Å². The number of aliphatic hydroxyl groups excluding tert-OH is 2. The summed E-state index contributed by atoms with van der Waals surface area (Å²) in [4.78, 5) is 12.0. The first-order valence-corrected chi connectivity index (χ1v) is 14.9. The number of rotatable bonds is 20. The quantitative estimate of drug-likeness (QED) is 0.110. The van der Waals surface area contributed by atoms with Crippen LogP contribution >= 0.6 is 0 Å². The number of carbonyl (C=O) groups is 1. The van der Waals surface area contributed by atoms with Crippen LogP contribution in [0.4, 0.5) is 0 Å². The Balaban J connectivity index is 1.52. The van der Waals surface area contributed by atoms with Crippen molar-refractivity contribution in [3.8, 4) is 0 Å². The Bertz CT molecular complexity index is 577. The van der Waals surface area contributed by atoms with Gasteiger partial charge in [-0.1, -0.05) is 96.6 Å². The molecule has 2 N–H and O–H groups in total. The van der Waals surface area contributed by atoms with Crippen LogP contribution in [0.1, 0.15) is 129 Å². The molecular weight excluding hydrogens is 440 g/mol. The monoisotopic (exact) mass is 494 g/mol. The van der Waals surface area contributed by atoms with E-state index >= 15 is 0 Å². The minimum atomic E-state index is -0.416. The molecule has 1 aliphatic carbocycles. The lowest BCUT2D eigenvalue weighted by atomic mass is 9.89. The fraction of sp³-hybridized carbons (Fsp3) is 0.900. The molecule has 6 atom stereocenters. The van der Waals surface area contributed by atoms with Gasteiger partial charge >= 0.3 is 5.97 Å². The highest BCUT2D eigenvalue weighted by Crippen LogP contribution is 2.45. The van der Waals surface area contributed by atoms with Gasteiger partial charge in [-0.2, -0.15) is 0 Å². The number of hydrogen-bond donors (Lipinski definition) is 2. The van der Waals surface area contributed by atoms with E-state index in [0.717, 1.165) is 64.2 Å². The molecule has 35 heavy (non-hydrogen) atoms. The molecule has 2 fully saturated rings. The second kappa shape index (κ2) is 18.4. The Hall–Kier alpha value is -0.910. The van der Waals surface area contributed by atoms with Crippen LogP contribution in [-0.2, 0) is 14.3 Å². The maximum Gasteiger partial charge on any atom is 0.305 e. The number of aliphatic hydroxyl groups is 2. The lowest BCUT2D eigenvalue weighted by Gasteiger charge is -2.18. The standard InChI is InChI=1S/C30H54O5/c1-3-5-7-8-9-10-11-15-21-34-30(33)18-14-13-17-25-22-27-26(28(32)23-29(27)35-25)20-19-24(31)16-12-6-4-2/h19-20,24-29,31-32H,3-18,21-23H2,1-2H3/b20-19+/t24-,25-,26+,27+,28+,29-/m0/s1. The van der Waals surface area contributed by atoms with Crippen LogP contribution in [0, 0.1) is 11.8 Å². The van der Waals surface area contributed by atoms with Crippen molar-refractivity contribution >= 4 is 5.97 Å². The largest absolute Gasteiger partial charge is 0.466 e. The van der Waals surface area contributed by atoms with Crippen LogP contribution in [0.15, 0.2) is 12.2 Å². The second-order valence-corrected chi connectivity index (χ2v) is 11.0. The summed E-state index contributed by atoms with van der Waals surface area (Å²) in [5.41, 5.74) is 0. The number of hydrogen-bond acceptors (Lipinski definition) is 5. The van der Waals surface area contributed by atoms with Crippen molar-refractivity contribution in [3.63, 3.8) is 0 Å². The third-order valence-electron chi connectivity index (χ3n) is 7.87. The average Bonchev–Trinajstić information content (AvgIpc) is 3.35. The van der Waals surface area contributed by atoms with Crippen LogP contribution in [0.5, 0.6) is 0 Å². The van der Waals surface area contributed by atoms with E-state index in [0.29, 0.717) is 25.4 Å². The Labute approximate surface area is 215 Å². The molecule has 0 aromatic carbocycles. The average molecular weight is 495 g/mol. The highest BCUT2D eigenvalue weighted by molar-refractivity contribution is 5.69. The summed E-state index contributed by atoms with van der Waals surface area (Å²) in [5, 5.41) is 20.7. The zero-order chi connectivity index (χ0) is 25.3. The number of unbranched alkanes of at least 4 members (excludes halogenated alkanes) is 10. The molecule has 0 aromatic rings. The first-order valence-electron chi connectivity index (χ1n) is 14.9. The third-order valence-corrected chi connectivity index (χ3v) is 7.87. The fourth-order valence-corrected chi connectivity index (χ4v) is 5.72. The van der Waals surface area contributed by atoms with Crippen LogP contribution < -0.4 is 0 Å². The predicted octanol–water partition coefficient (Wildman–Crippen LogP) is 6.88. The van der Waals surface area contributed by atoms with Crippen LogP contribution in [-0.4, -0.2) is 47.2 Å². The van der Waals surface area contributed by atoms with Gasteiger partial charge in [0.05, 0.1) is 31.0 Å². The molecule has 0 aromatic heterocycles. The topological polar surface area (TPSA) is 76.0 Å². The van der Waals surface area contributed by atoms with Gasteiger partial charge in [0.25, 0.3) is 0 Å². The third kappa shape index (κ3) is 12.3. The van der Waals surface area contributed by atoms with Crippen molar-refractivity contribution < 1.29 is 24.5 Å². The summed E-state index contributed by atoms with van der Waals surface area (Å²) in [6.07, 6.45) is 22.5. The number of carbonyl (C=O) groups excluding carboxylic acids is 1. The lowest BCUT2D eigenvalue weighted by molar-refractivity contribution is -0.143. The van der Waals surface area contributed by atoms with E-state index in [1.807, 2.05) is 12.2 Å². The van der Waals surface area contributed by atoms with Crippen LogP contribution in [0.25, 0.3) is 0 Å². The summed E-state index contributed by atoms with van der Waals surface area (Å²) in [5.74, 6) is 0.353. The van der Waals surface area contributed by atoms with E-state index in [4.69, 9.17) is 9.47 Å². The Kier molecular flexibility index (Phi) is 15.9. The Morgan fingerprint density at radius 1 is 0.943 bits per heavy atom. The van der Waals surface area contributed by atoms with E-state index in [9.17, 15) is 15.0 Å². The number of esters is 1. The highest BCUT2D eigenvalue weighted by atomic mass is 16.5. The van der Waals surface area contributed by atoms with E-state index in [-0.39, 0.29) is 30.2 Å². The fourth-order valence-electron chi connectivity index (χ4n) is 5.72. The number of ether oxygens (including phenoxy) is 2. The summed E-state index contributed by atoms with van der Waals surface area (Å²) in [6, 6.07) is 0. The van der Waals surface area contributed by atoms with Gasteiger partial charge in [-0.15, -0.1) is 0 Å². The van der Waals surface area contributed by atoms with Crippen molar-refractivity contribution in [2.45, 2.75) is 154 Å². The minimum Gasteiger partial charge on any atom is -0.466 e. The summed E-state index contributed by atoms with van der Waals surface area (Å²) >= 11 is 0. The molecule has 5 nitrogen and oxygen atoms in total. The molecule has 2 rings (SSSR count). The van der Waals surface area contributed by atoms with Gasteiger partial charge in [0.1, 0.15) is 0 Å². The first kappa shape index (κ1) is 30.3. The second-order valence-electron chi connectivity index (χ2n) is 11.0. The molecule has 0 spiro atoms. The van der Waals surface area contributed by atoms with Crippen molar-refractivity contribution in [2.24, 2.45) is 11.8 Å². The summed E-state index contributed by atoms with van der Waals surface area (Å²) in [7, 11) is 0. The molecule has 204 valence electrons. The molecule has 0 radical (unpaired) electrons. The smallest absolute Gasteiger partial charge is 0.305 e. The maximum atomic E-state index is 12.0. The Morgan fingerprint density at radius 3 is 2.37 bits per heavy atom. The summed E-state index contributed by atoms with van der Waals surface area (Å²) in [6.45, 7) is 4.97. The van der Waals surface area contributed by atoms with Crippen LogP contribution in [0.3, 0.4) is 0 Å². The molecule has 5 heteroatoms. The normalized spacial score (nSPS) is 26.9. The van der Waals surface area contributed by atoms with Gasteiger partial charge in [-0.05, 0) is 38.0 Å². The molecule has 1 heterocycles. The molecule has 1 saturated heterocycles. The Morgan fingerprint density at radius 2 is 1.63 bits per heavy atom. The zero-order valence-corrected chi connectivity index (χ0v) is 22.7. The van der Waals surface area contributed by atoms with Gasteiger partial charge in [-0.25, -0.2) is 0 Å². The molecular formula is C30H54O5. The molecule has 0 amide bonds. The highest BCUT2D eigenvalue weighted by Gasteiger charge is 2.47. The van der Waals surface area contributed by atoms with E-state index in [1.54, 1.807) is 0 Å². The maximum absolute atomic E-state index is 12.0. The van der Waals surface area contributed by atoms with E-state index < -0.39 is 6.10 Å². The van der Waals surface area contributed by atoms with Gasteiger partial charge in [0, 0.05) is 18.8 Å². The lowest BCUT2D eigenvalue weighted by Crippen LogP contribution is -2.19. The van der Waals surface area contributed by atoms with Gasteiger partial charge < -0.3 is 19.7 Å². The van der Waals surface area contributed by atoms with Crippen molar-refractivity contribution in [2.75, 3.05) is 6.61 Å². The zero-order valence-electron chi connectivity index (χ0n) is 22.7. The minimum absolute atomic E-state index is 0.0667. The molecule has 1 aliphatic heterocycles. The van der Waals surface area contributed by atoms with E-state index in [1.165, 1.54) is 38.5 Å². The SMILES string of the molecule is CCCCCCCCCCOC(=O)CCCC[C@H]1C[C@@H]2[C@@H](/C=C/[C@@H](O)CCCCC)[C@H](O)C[C@@H]2O1. The molecule has 2 aliphatic rings. The molecule has 0 unspecified atom stereocenters. The van der Waals surface area contributed by atoms with Crippen LogP contribution in [0.2, 0.25) is 0 Å².